The zero-order chi connectivity index (χ0) is 15.1. The lowest BCUT2D eigenvalue weighted by Gasteiger charge is -2.37. The van der Waals surface area contributed by atoms with Crippen molar-refractivity contribution in [1.82, 2.24) is 9.47 Å². The predicted octanol–water partition coefficient (Wildman–Crippen LogP) is 2.20. The van der Waals surface area contributed by atoms with Gasteiger partial charge in [-0.15, -0.1) is 0 Å². The summed E-state index contributed by atoms with van der Waals surface area (Å²) in [6, 6.07) is 4.17. The maximum absolute atomic E-state index is 12.8. The third kappa shape index (κ3) is 2.24. The molecule has 114 valence electrons. The number of carboxylic acids is 1. The molecule has 3 atom stereocenters. The molecule has 1 amide bonds. The van der Waals surface area contributed by atoms with Crippen LogP contribution in [0.5, 0.6) is 0 Å². The molecule has 0 saturated heterocycles. The second-order valence-electron chi connectivity index (χ2n) is 6.24. The zero-order valence-corrected chi connectivity index (χ0v) is 12.6. The Hall–Kier alpha value is -1.78. The second kappa shape index (κ2) is 5.20. The minimum Gasteiger partial charge on any atom is -0.481 e. The molecule has 1 saturated carbocycles. The first-order valence-corrected chi connectivity index (χ1v) is 7.70. The molecule has 0 aromatic carbocycles. The normalized spacial score (nSPS) is 28.5. The molecule has 1 aliphatic heterocycles. The van der Waals surface area contributed by atoms with E-state index < -0.39 is 11.9 Å². The number of rotatable bonds is 2. The Morgan fingerprint density at radius 1 is 1.19 bits per heavy atom. The summed E-state index contributed by atoms with van der Waals surface area (Å²) in [6.07, 6.45) is 2.17. The number of fused-ring (bicyclic) bond motifs is 1. The second-order valence-corrected chi connectivity index (χ2v) is 6.24. The van der Waals surface area contributed by atoms with Crippen molar-refractivity contribution in [2.24, 2.45) is 11.8 Å². The number of aromatic nitrogens is 1. The molecule has 0 radical (unpaired) electrons. The average Bonchev–Trinajstić information content (AvgIpc) is 3.06. The first-order valence-electron chi connectivity index (χ1n) is 7.70. The van der Waals surface area contributed by atoms with Gasteiger partial charge in [-0.3, -0.25) is 9.59 Å². The summed E-state index contributed by atoms with van der Waals surface area (Å²) in [5.41, 5.74) is 2.37. The zero-order valence-electron chi connectivity index (χ0n) is 12.6. The third-order valence-corrected chi connectivity index (χ3v) is 5.13. The van der Waals surface area contributed by atoms with Crippen molar-refractivity contribution in [3.8, 4) is 0 Å². The largest absolute Gasteiger partial charge is 0.481 e. The van der Waals surface area contributed by atoms with Crippen LogP contribution in [0.2, 0.25) is 0 Å². The number of aliphatic carboxylic acids is 1. The molecule has 2 heterocycles. The van der Waals surface area contributed by atoms with Crippen molar-refractivity contribution in [1.29, 1.82) is 0 Å². The van der Waals surface area contributed by atoms with Crippen LogP contribution < -0.4 is 0 Å². The Balaban J connectivity index is 1.81. The van der Waals surface area contributed by atoms with Crippen molar-refractivity contribution in [2.45, 2.75) is 45.7 Å². The van der Waals surface area contributed by atoms with E-state index in [0.29, 0.717) is 19.4 Å². The highest BCUT2D eigenvalue weighted by Crippen LogP contribution is 2.36. The minimum absolute atomic E-state index is 0.0231. The van der Waals surface area contributed by atoms with Crippen LogP contribution in [0.25, 0.3) is 0 Å². The number of hydrogen-bond acceptors (Lipinski definition) is 2. The minimum atomic E-state index is -0.824. The quantitative estimate of drug-likeness (QED) is 0.908. The molecule has 2 aliphatic rings. The fourth-order valence-electron chi connectivity index (χ4n) is 3.89. The monoisotopic (exact) mass is 290 g/mol. The lowest BCUT2D eigenvalue weighted by molar-refractivity contribution is -0.150. The lowest BCUT2D eigenvalue weighted by Crippen LogP contribution is -2.45. The van der Waals surface area contributed by atoms with E-state index in [0.717, 1.165) is 18.7 Å². The van der Waals surface area contributed by atoms with Gasteiger partial charge in [0.05, 0.1) is 17.9 Å². The van der Waals surface area contributed by atoms with Crippen molar-refractivity contribution < 1.29 is 14.7 Å². The average molecular weight is 290 g/mol. The molecular weight excluding hydrogens is 268 g/mol. The van der Waals surface area contributed by atoms with Crippen LogP contribution in [0.1, 0.15) is 43.6 Å². The van der Waals surface area contributed by atoms with E-state index in [9.17, 15) is 14.7 Å². The van der Waals surface area contributed by atoms with Crippen LogP contribution in [0.4, 0.5) is 0 Å². The smallest absolute Gasteiger partial charge is 0.307 e. The van der Waals surface area contributed by atoms with Gasteiger partial charge in [0.1, 0.15) is 0 Å². The van der Waals surface area contributed by atoms with Crippen LogP contribution in [-0.2, 0) is 16.1 Å². The Bertz CT molecular complexity index is 578. The maximum atomic E-state index is 12.8. The fraction of sp³-hybridized carbons (Fsp3) is 0.625. The molecule has 5 heteroatoms. The van der Waals surface area contributed by atoms with E-state index in [1.165, 1.54) is 5.69 Å². The highest BCUT2D eigenvalue weighted by atomic mass is 16.4. The number of nitrogens with zero attached hydrogens (tertiary/aromatic N) is 2. The molecule has 0 spiro atoms. The summed E-state index contributed by atoms with van der Waals surface area (Å²) >= 11 is 0. The van der Waals surface area contributed by atoms with Gasteiger partial charge in [0, 0.05) is 24.5 Å². The lowest BCUT2D eigenvalue weighted by atomic mass is 9.93. The SMILES string of the molecule is Cc1ccc2n1CCN(C(=O)C1CCCC1C(=O)O)C2C. The number of aryl methyl sites for hydroxylation is 1. The van der Waals surface area contributed by atoms with E-state index in [-0.39, 0.29) is 17.9 Å². The Morgan fingerprint density at radius 3 is 2.62 bits per heavy atom. The van der Waals surface area contributed by atoms with Gasteiger partial charge in [-0.25, -0.2) is 0 Å². The fourth-order valence-corrected chi connectivity index (χ4v) is 3.89. The number of carboxylic acid groups (broad SMARTS) is 1. The van der Waals surface area contributed by atoms with Crippen LogP contribution in [0.3, 0.4) is 0 Å². The summed E-state index contributed by atoms with van der Waals surface area (Å²) in [6.45, 7) is 5.58. The van der Waals surface area contributed by atoms with Gasteiger partial charge in [0.25, 0.3) is 0 Å². The summed E-state index contributed by atoms with van der Waals surface area (Å²) in [7, 11) is 0. The summed E-state index contributed by atoms with van der Waals surface area (Å²) in [5, 5.41) is 9.28. The molecule has 3 unspecified atom stereocenters. The van der Waals surface area contributed by atoms with Crippen LogP contribution >= 0.6 is 0 Å². The van der Waals surface area contributed by atoms with Gasteiger partial charge in [-0.1, -0.05) is 6.42 Å². The summed E-state index contributed by atoms with van der Waals surface area (Å²) in [5.74, 6) is -1.64. The number of carbonyl (C=O) groups excluding carboxylic acids is 1. The standard InChI is InChI=1S/C16H22N2O3/c1-10-6-7-14-11(2)18(9-8-17(10)14)15(19)12-4-3-5-13(12)16(20)21/h6-7,11-13H,3-5,8-9H2,1-2H3,(H,20,21). The van der Waals surface area contributed by atoms with Crippen molar-refractivity contribution in [3.05, 3.63) is 23.5 Å². The van der Waals surface area contributed by atoms with Crippen molar-refractivity contribution in [3.63, 3.8) is 0 Å². The number of amides is 1. The molecule has 5 nitrogen and oxygen atoms in total. The van der Waals surface area contributed by atoms with Gasteiger partial charge in [0.15, 0.2) is 0 Å². The molecular formula is C16H22N2O3. The first kappa shape index (κ1) is 14.2. The molecule has 21 heavy (non-hydrogen) atoms. The van der Waals surface area contributed by atoms with E-state index in [1.54, 1.807) is 0 Å². The van der Waals surface area contributed by atoms with Crippen LogP contribution in [0.15, 0.2) is 12.1 Å². The van der Waals surface area contributed by atoms with Gasteiger partial charge >= 0.3 is 5.97 Å². The van der Waals surface area contributed by atoms with Gasteiger partial charge in [0.2, 0.25) is 5.91 Å². The van der Waals surface area contributed by atoms with Crippen molar-refractivity contribution in [2.75, 3.05) is 6.54 Å². The van der Waals surface area contributed by atoms with Gasteiger partial charge in [-0.2, -0.15) is 0 Å². The first-order chi connectivity index (χ1) is 10.0. The number of carbonyl (C=O) groups is 2. The summed E-state index contributed by atoms with van der Waals surface area (Å²) < 4.78 is 2.25. The molecule has 1 aromatic heterocycles. The Kier molecular flexibility index (Phi) is 3.51. The third-order valence-electron chi connectivity index (χ3n) is 5.13. The molecule has 1 fully saturated rings. The molecule has 1 N–H and O–H groups in total. The number of hydrogen-bond donors (Lipinski definition) is 1. The van der Waals surface area contributed by atoms with E-state index in [1.807, 2.05) is 11.8 Å². The van der Waals surface area contributed by atoms with E-state index in [2.05, 4.69) is 23.6 Å². The molecule has 1 aromatic rings. The van der Waals surface area contributed by atoms with Gasteiger partial charge in [-0.05, 0) is 38.8 Å². The van der Waals surface area contributed by atoms with E-state index in [4.69, 9.17) is 0 Å². The topological polar surface area (TPSA) is 62.5 Å². The highest BCUT2D eigenvalue weighted by molar-refractivity contribution is 5.85. The van der Waals surface area contributed by atoms with Crippen LogP contribution in [-0.4, -0.2) is 33.0 Å². The highest BCUT2D eigenvalue weighted by Gasteiger charge is 2.41. The maximum Gasteiger partial charge on any atom is 0.307 e. The predicted molar refractivity (Wildman–Crippen MR) is 77.8 cm³/mol. The summed E-state index contributed by atoms with van der Waals surface area (Å²) in [4.78, 5) is 26.0. The Labute approximate surface area is 124 Å². The Morgan fingerprint density at radius 2 is 1.90 bits per heavy atom. The molecule has 3 rings (SSSR count). The molecule has 1 aliphatic carbocycles. The van der Waals surface area contributed by atoms with Gasteiger partial charge < -0.3 is 14.6 Å². The van der Waals surface area contributed by atoms with Crippen molar-refractivity contribution >= 4 is 11.9 Å². The van der Waals surface area contributed by atoms with E-state index >= 15 is 0 Å². The molecule has 0 bridgehead atoms. The van der Waals surface area contributed by atoms with Crippen LogP contribution in [0, 0.1) is 18.8 Å².